The molecule has 0 unspecified atom stereocenters. The average Bonchev–Trinajstić information content (AvgIpc) is 2.62. The van der Waals surface area contributed by atoms with Crippen molar-refractivity contribution in [2.75, 3.05) is 20.3 Å². The van der Waals surface area contributed by atoms with Gasteiger partial charge in [-0.2, -0.15) is 0 Å². The molecule has 0 saturated heterocycles. The van der Waals surface area contributed by atoms with Gasteiger partial charge in [0.05, 0.1) is 12.7 Å². The van der Waals surface area contributed by atoms with Crippen molar-refractivity contribution in [3.8, 4) is 11.5 Å². The van der Waals surface area contributed by atoms with E-state index in [-0.39, 0.29) is 23.5 Å². The topological polar surface area (TPSA) is 58.9 Å². The monoisotopic (exact) mass is 342 g/mol. The van der Waals surface area contributed by atoms with E-state index in [9.17, 15) is 10.2 Å². The van der Waals surface area contributed by atoms with Crippen molar-refractivity contribution in [3.63, 3.8) is 0 Å². The summed E-state index contributed by atoms with van der Waals surface area (Å²) < 4.78 is 11.4. The van der Waals surface area contributed by atoms with E-state index in [0.717, 1.165) is 17.5 Å². The van der Waals surface area contributed by atoms with Crippen molar-refractivity contribution >= 4 is 6.08 Å². The molecule has 0 aromatic heterocycles. The largest absolute Gasteiger partial charge is 0.508 e. The third-order valence-electron chi connectivity index (χ3n) is 4.02. The highest BCUT2D eigenvalue weighted by Gasteiger charge is 2.23. The van der Waals surface area contributed by atoms with Gasteiger partial charge in [0, 0.05) is 19.6 Å². The first-order chi connectivity index (χ1) is 12.1. The van der Waals surface area contributed by atoms with Crippen molar-refractivity contribution in [1.82, 2.24) is 0 Å². The van der Waals surface area contributed by atoms with Gasteiger partial charge in [-0.3, -0.25) is 0 Å². The lowest BCUT2D eigenvalue weighted by Crippen LogP contribution is -2.20. The molecule has 0 heterocycles. The fourth-order valence-corrected chi connectivity index (χ4v) is 2.81. The molecular weight excluding hydrogens is 316 g/mol. The van der Waals surface area contributed by atoms with Crippen LogP contribution in [-0.4, -0.2) is 30.5 Å². The molecule has 0 fully saturated rings. The molecule has 0 radical (unpaired) electrons. The maximum atomic E-state index is 9.50. The van der Waals surface area contributed by atoms with Gasteiger partial charge in [-0.15, -0.1) is 0 Å². The summed E-state index contributed by atoms with van der Waals surface area (Å²) in [5.74, 6) is 0.663. The summed E-state index contributed by atoms with van der Waals surface area (Å²) in [6.45, 7) is 3.16. The van der Waals surface area contributed by atoms with Crippen molar-refractivity contribution in [2.24, 2.45) is 5.92 Å². The summed E-state index contributed by atoms with van der Waals surface area (Å²) in [4.78, 5) is 0. The van der Waals surface area contributed by atoms with Crippen molar-refractivity contribution in [3.05, 3.63) is 65.7 Å². The number of ether oxygens (including phenoxy) is 2. The summed E-state index contributed by atoms with van der Waals surface area (Å²) in [6.07, 6.45) is 4.82. The van der Waals surface area contributed by atoms with Gasteiger partial charge >= 0.3 is 0 Å². The second-order valence-corrected chi connectivity index (χ2v) is 5.91. The quantitative estimate of drug-likeness (QED) is 0.702. The van der Waals surface area contributed by atoms with Crippen molar-refractivity contribution in [1.29, 1.82) is 0 Å². The van der Waals surface area contributed by atoms with E-state index in [4.69, 9.17) is 9.47 Å². The Morgan fingerprint density at radius 1 is 0.960 bits per heavy atom. The molecular formula is C21H26O4. The normalized spacial score (nSPS) is 13.8. The van der Waals surface area contributed by atoms with E-state index in [1.165, 1.54) is 0 Å². The van der Waals surface area contributed by atoms with E-state index in [1.807, 2.05) is 37.3 Å². The summed E-state index contributed by atoms with van der Waals surface area (Å²) >= 11 is 0. The number of rotatable bonds is 9. The number of phenols is 2. The van der Waals surface area contributed by atoms with Gasteiger partial charge in [0.15, 0.2) is 0 Å². The molecule has 0 amide bonds. The molecule has 0 saturated carbocycles. The molecule has 2 atom stereocenters. The standard InChI is InChI=1S/C21H26O4/c1-3-25-21(17-9-13-20(23)14-10-17)18(15-24-2)6-4-5-16-7-11-19(22)12-8-16/h4-5,7-14,18,21-23H,3,6,15H2,1-2H3/t18-,21-/m0/s1. The van der Waals surface area contributed by atoms with Crippen LogP contribution in [0.2, 0.25) is 0 Å². The molecule has 0 aliphatic carbocycles. The first kappa shape index (κ1) is 19.0. The Balaban J connectivity index is 2.12. The zero-order valence-corrected chi connectivity index (χ0v) is 14.8. The Bertz CT molecular complexity index is 647. The van der Waals surface area contributed by atoms with Gasteiger partial charge in [-0.25, -0.2) is 0 Å². The molecule has 2 N–H and O–H groups in total. The zero-order chi connectivity index (χ0) is 18.1. The molecule has 134 valence electrons. The smallest absolute Gasteiger partial charge is 0.115 e. The Kier molecular flexibility index (Phi) is 7.51. The van der Waals surface area contributed by atoms with Crippen LogP contribution in [0.4, 0.5) is 0 Å². The van der Waals surface area contributed by atoms with Crippen LogP contribution in [0.25, 0.3) is 6.08 Å². The molecule has 2 rings (SSSR count). The van der Waals surface area contributed by atoms with Crippen LogP contribution in [0.5, 0.6) is 11.5 Å². The van der Waals surface area contributed by atoms with Crippen LogP contribution in [-0.2, 0) is 9.47 Å². The van der Waals surface area contributed by atoms with E-state index >= 15 is 0 Å². The summed E-state index contributed by atoms with van der Waals surface area (Å²) in [7, 11) is 1.69. The SMILES string of the molecule is CCO[C@@H](c1ccc(O)cc1)[C@@H](CC=Cc1ccc(O)cc1)COC. The molecule has 4 nitrogen and oxygen atoms in total. The minimum Gasteiger partial charge on any atom is -0.508 e. The molecule has 2 aromatic carbocycles. The van der Waals surface area contributed by atoms with Crippen LogP contribution < -0.4 is 0 Å². The lowest BCUT2D eigenvalue weighted by Gasteiger charge is -2.26. The highest BCUT2D eigenvalue weighted by molar-refractivity contribution is 5.50. The third kappa shape index (κ3) is 5.93. The second kappa shape index (κ2) is 9.87. The van der Waals surface area contributed by atoms with Crippen LogP contribution in [0.3, 0.4) is 0 Å². The lowest BCUT2D eigenvalue weighted by atomic mass is 9.92. The number of methoxy groups -OCH3 is 1. The predicted molar refractivity (Wildman–Crippen MR) is 99.6 cm³/mol. The number of benzene rings is 2. The Morgan fingerprint density at radius 2 is 1.56 bits per heavy atom. The lowest BCUT2D eigenvalue weighted by molar-refractivity contribution is -0.00937. The minimum absolute atomic E-state index is 0.102. The maximum Gasteiger partial charge on any atom is 0.115 e. The molecule has 25 heavy (non-hydrogen) atoms. The number of phenolic OH excluding ortho intramolecular Hbond substituents is 2. The fourth-order valence-electron chi connectivity index (χ4n) is 2.81. The van der Waals surface area contributed by atoms with E-state index in [0.29, 0.717) is 13.2 Å². The Hall–Kier alpha value is -2.30. The first-order valence-electron chi connectivity index (χ1n) is 8.49. The highest BCUT2D eigenvalue weighted by Crippen LogP contribution is 2.30. The minimum atomic E-state index is -0.102. The van der Waals surface area contributed by atoms with Gasteiger partial charge in [0.2, 0.25) is 0 Å². The molecule has 0 bridgehead atoms. The van der Waals surface area contributed by atoms with E-state index < -0.39 is 0 Å². The molecule has 0 aliphatic rings. The fraction of sp³-hybridized carbons (Fsp3) is 0.333. The first-order valence-corrected chi connectivity index (χ1v) is 8.49. The number of hydrogen-bond donors (Lipinski definition) is 2. The van der Waals surface area contributed by atoms with Gasteiger partial charge in [0.1, 0.15) is 11.5 Å². The molecule has 0 spiro atoms. The number of aromatic hydroxyl groups is 2. The van der Waals surface area contributed by atoms with Gasteiger partial charge < -0.3 is 19.7 Å². The Labute approximate surface area is 149 Å². The van der Waals surface area contributed by atoms with Gasteiger partial charge in [-0.1, -0.05) is 36.4 Å². The maximum absolute atomic E-state index is 9.50. The molecule has 4 heteroatoms. The van der Waals surface area contributed by atoms with Crippen LogP contribution in [0.15, 0.2) is 54.6 Å². The highest BCUT2D eigenvalue weighted by atomic mass is 16.5. The summed E-state index contributed by atoms with van der Waals surface area (Å²) in [5, 5.41) is 18.8. The van der Waals surface area contributed by atoms with E-state index in [2.05, 4.69) is 6.08 Å². The van der Waals surface area contributed by atoms with Crippen LogP contribution >= 0.6 is 0 Å². The average molecular weight is 342 g/mol. The van der Waals surface area contributed by atoms with E-state index in [1.54, 1.807) is 31.4 Å². The van der Waals surface area contributed by atoms with Gasteiger partial charge in [0.25, 0.3) is 0 Å². The zero-order valence-electron chi connectivity index (χ0n) is 14.8. The summed E-state index contributed by atoms with van der Waals surface area (Å²) in [6, 6.07) is 14.2. The van der Waals surface area contributed by atoms with Gasteiger partial charge in [-0.05, 0) is 48.7 Å². The number of hydrogen-bond acceptors (Lipinski definition) is 4. The number of allylic oxidation sites excluding steroid dienone is 1. The Morgan fingerprint density at radius 3 is 2.12 bits per heavy atom. The third-order valence-corrected chi connectivity index (χ3v) is 4.02. The molecule has 2 aromatic rings. The van der Waals surface area contributed by atoms with Crippen LogP contribution in [0, 0.1) is 5.92 Å². The predicted octanol–water partition coefficient (Wildman–Crippen LogP) is 4.54. The van der Waals surface area contributed by atoms with Crippen molar-refractivity contribution in [2.45, 2.75) is 19.4 Å². The second-order valence-electron chi connectivity index (χ2n) is 5.91. The summed E-state index contributed by atoms with van der Waals surface area (Å²) in [5.41, 5.74) is 2.06. The molecule has 0 aliphatic heterocycles. The van der Waals surface area contributed by atoms with Crippen molar-refractivity contribution < 1.29 is 19.7 Å². The van der Waals surface area contributed by atoms with Crippen LogP contribution in [0.1, 0.15) is 30.6 Å².